The third-order valence-electron chi connectivity index (χ3n) is 3.95. The molecule has 7 heteroatoms. The molecule has 0 fully saturated rings. The van der Waals surface area contributed by atoms with Gasteiger partial charge in [-0.3, -0.25) is 14.7 Å². The number of anilines is 1. The summed E-state index contributed by atoms with van der Waals surface area (Å²) in [5, 5.41) is 13.9. The van der Waals surface area contributed by atoms with E-state index in [1.807, 2.05) is 51.1 Å². The molecule has 2 heterocycles. The standard InChI is InChI=1S/C19H21N5O2/c1-12-10-14(25)17(23-24(12)13-8-6-5-7-9-13)18(26)20-16-11-15(21-22-16)19(2,3)4/h5-11H,1-4H3,(H2,20,21,22,26). The maximum atomic E-state index is 12.5. The van der Waals surface area contributed by atoms with Gasteiger partial charge in [-0.05, 0) is 19.1 Å². The van der Waals surface area contributed by atoms with Crippen molar-refractivity contribution in [2.45, 2.75) is 33.1 Å². The molecule has 0 unspecified atom stereocenters. The number of aromatic amines is 1. The highest BCUT2D eigenvalue weighted by atomic mass is 16.2. The van der Waals surface area contributed by atoms with Gasteiger partial charge in [0.2, 0.25) is 5.43 Å². The average Bonchev–Trinajstić information content (AvgIpc) is 3.04. The van der Waals surface area contributed by atoms with Gasteiger partial charge in [0.05, 0.1) is 5.69 Å². The van der Waals surface area contributed by atoms with Crippen molar-refractivity contribution in [3.8, 4) is 5.69 Å². The highest BCUT2D eigenvalue weighted by Gasteiger charge is 2.20. The second kappa shape index (κ2) is 6.59. The number of benzene rings is 1. The predicted octanol–water partition coefficient (Wildman–Crippen LogP) is 2.81. The van der Waals surface area contributed by atoms with Gasteiger partial charge in [0.15, 0.2) is 11.5 Å². The van der Waals surface area contributed by atoms with Crippen LogP contribution >= 0.6 is 0 Å². The molecule has 0 aliphatic rings. The maximum absolute atomic E-state index is 12.5. The lowest BCUT2D eigenvalue weighted by molar-refractivity contribution is 0.101. The number of nitrogens with one attached hydrogen (secondary N) is 2. The van der Waals surface area contributed by atoms with E-state index < -0.39 is 11.3 Å². The monoisotopic (exact) mass is 351 g/mol. The molecule has 0 aliphatic heterocycles. The quantitative estimate of drug-likeness (QED) is 0.759. The van der Waals surface area contributed by atoms with E-state index in [1.54, 1.807) is 17.7 Å². The van der Waals surface area contributed by atoms with Gasteiger partial charge in [0, 0.05) is 28.9 Å². The van der Waals surface area contributed by atoms with Gasteiger partial charge < -0.3 is 5.32 Å². The van der Waals surface area contributed by atoms with E-state index in [2.05, 4.69) is 20.6 Å². The summed E-state index contributed by atoms with van der Waals surface area (Å²) >= 11 is 0. The molecule has 134 valence electrons. The summed E-state index contributed by atoms with van der Waals surface area (Å²) in [5.41, 5.74) is 1.56. The first-order valence-electron chi connectivity index (χ1n) is 8.29. The fourth-order valence-electron chi connectivity index (χ4n) is 2.48. The summed E-state index contributed by atoms with van der Waals surface area (Å²) in [7, 11) is 0. The minimum atomic E-state index is -0.591. The number of H-pyrrole nitrogens is 1. The van der Waals surface area contributed by atoms with Gasteiger partial charge in [-0.25, -0.2) is 4.68 Å². The molecule has 0 saturated carbocycles. The molecule has 7 nitrogen and oxygen atoms in total. The Morgan fingerprint density at radius 1 is 1.15 bits per heavy atom. The van der Waals surface area contributed by atoms with Crippen LogP contribution in [0.4, 0.5) is 5.82 Å². The molecule has 3 rings (SSSR count). The van der Waals surface area contributed by atoms with Crippen molar-refractivity contribution in [2.24, 2.45) is 0 Å². The molecule has 1 aromatic carbocycles. The first-order chi connectivity index (χ1) is 12.3. The number of aromatic nitrogens is 4. The summed E-state index contributed by atoms with van der Waals surface area (Å²) in [6.45, 7) is 7.87. The van der Waals surface area contributed by atoms with Crippen LogP contribution in [0, 0.1) is 6.92 Å². The smallest absolute Gasteiger partial charge is 0.281 e. The lowest BCUT2D eigenvalue weighted by Crippen LogP contribution is -2.27. The van der Waals surface area contributed by atoms with Gasteiger partial charge in [0.1, 0.15) is 0 Å². The largest absolute Gasteiger partial charge is 0.304 e. The zero-order valence-corrected chi connectivity index (χ0v) is 15.2. The number of amides is 1. The number of hydrogen-bond acceptors (Lipinski definition) is 4. The number of hydrogen-bond donors (Lipinski definition) is 2. The van der Waals surface area contributed by atoms with Crippen molar-refractivity contribution in [2.75, 3.05) is 5.32 Å². The number of rotatable bonds is 3. The van der Waals surface area contributed by atoms with Crippen LogP contribution in [0.3, 0.4) is 0 Å². The van der Waals surface area contributed by atoms with Crippen LogP contribution in [0.2, 0.25) is 0 Å². The van der Waals surface area contributed by atoms with E-state index in [0.717, 1.165) is 11.4 Å². The Labute approximate surface area is 151 Å². The molecule has 0 saturated heterocycles. The van der Waals surface area contributed by atoms with Gasteiger partial charge in [-0.2, -0.15) is 10.2 Å². The molecule has 2 N–H and O–H groups in total. The van der Waals surface area contributed by atoms with E-state index in [1.165, 1.54) is 6.07 Å². The van der Waals surface area contributed by atoms with Crippen LogP contribution in [-0.2, 0) is 5.41 Å². The number of carbonyl (C=O) groups is 1. The topological polar surface area (TPSA) is 92.7 Å². The van der Waals surface area contributed by atoms with Crippen molar-refractivity contribution in [3.63, 3.8) is 0 Å². The lowest BCUT2D eigenvalue weighted by atomic mass is 9.92. The van der Waals surface area contributed by atoms with E-state index in [9.17, 15) is 9.59 Å². The third-order valence-corrected chi connectivity index (χ3v) is 3.95. The van der Waals surface area contributed by atoms with Crippen molar-refractivity contribution in [1.82, 2.24) is 20.0 Å². The second-order valence-electron chi connectivity index (χ2n) is 7.12. The van der Waals surface area contributed by atoms with Crippen LogP contribution < -0.4 is 10.7 Å². The van der Waals surface area contributed by atoms with Crippen LogP contribution in [0.15, 0.2) is 47.3 Å². The number of para-hydroxylation sites is 1. The van der Waals surface area contributed by atoms with Crippen LogP contribution in [0.5, 0.6) is 0 Å². The second-order valence-corrected chi connectivity index (χ2v) is 7.12. The predicted molar refractivity (Wildman–Crippen MR) is 99.8 cm³/mol. The number of carbonyl (C=O) groups excluding carboxylic acids is 1. The normalized spacial score (nSPS) is 11.4. The Balaban J connectivity index is 1.92. The molecule has 0 spiro atoms. The van der Waals surface area contributed by atoms with E-state index >= 15 is 0 Å². The zero-order chi connectivity index (χ0) is 18.9. The molecule has 0 atom stereocenters. The Hall–Kier alpha value is -3.22. The lowest BCUT2D eigenvalue weighted by Gasteiger charge is -2.14. The van der Waals surface area contributed by atoms with Crippen molar-refractivity contribution in [3.05, 3.63) is 69.8 Å². The minimum Gasteiger partial charge on any atom is -0.304 e. The summed E-state index contributed by atoms with van der Waals surface area (Å²) in [6, 6.07) is 12.5. The fraction of sp³-hybridized carbons (Fsp3) is 0.263. The summed E-state index contributed by atoms with van der Waals surface area (Å²) in [6.07, 6.45) is 0. The molecule has 2 aromatic heterocycles. The maximum Gasteiger partial charge on any atom is 0.281 e. The Kier molecular flexibility index (Phi) is 4.46. The molecule has 3 aromatic rings. The summed E-state index contributed by atoms with van der Waals surface area (Å²) in [4.78, 5) is 24.8. The molecular weight excluding hydrogens is 330 g/mol. The van der Waals surface area contributed by atoms with Crippen molar-refractivity contribution < 1.29 is 4.79 Å². The van der Waals surface area contributed by atoms with Crippen molar-refractivity contribution in [1.29, 1.82) is 0 Å². The average molecular weight is 351 g/mol. The summed E-state index contributed by atoms with van der Waals surface area (Å²) in [5.74, 6) is -0.236. The summed E-state index contributed by atoms with van der Waals surface area (Å²) < 4.78 is 1.57. The Morgan fingerprint density at radius 3 is 2.46 bits per heavy atom. The van der Waals surface area contributed by atoms with Crippen molar-refractivity contribution >= 4 is 11.7 Å². The van der Waals surface area contributed by atoms with E-state index in [0.29, 0.717) is 11.5 Å². The zero-order valence-electron chi connectivity index (χ0n) is 15.2. The molecule has 26 heavy (non-hydrogen) atoms. The number of aryl methyl sites for hydroxylation is 1. The Morgan fingerprint density at radius 2 is 1.85 bits per heavy atom. The third kappa shape index (κ3) is 3.56. The van der Waals surface area contributed by atoms with Gasteiger partial charge in [0.25, 0.3) is 5.91 Å². The highest BCUT2D eigenvalue weighted by Crippen LogP contribution is 2.22. The SMILES string of the molecule is Cc1cc(=O)c(C(=O)Nc2cc(C(C)(C)C)[nH]n2)nn1-c1ccccc1. The van der Waals surface area contributed by atoms with Gasteiger partial charge in [-0.15, -0.1) is 0 Å². The van der Waals surface area contributed by atoms with Gasteiger partial charge in [-0.1, -0.05) is 39.0 Å². The first-order valence-corrected chi connectivity index (χ1v) is 8.29. The molecule has 0 bridgehead atoms. The molecular formula is C19H21N5O2. The first kappa shape index (κ1) is 17.6. The van der Waals surface area contributed by atoms with Gasteiger partial charge >= 0.3 is 0 Å². The van der Waals surface area contributed by atoms with Crippen LogP contribution in [0.25, 0.3) is 5.69 Å². The van der Waals surface area contributed by atoms with Crippen LogP contribution in [-0.4, -0.2) is 25.9 Å². The molecule has 0 aliphatic carbocycles. The van der Waals surface area contributed by atoms with Crippen LogP contribution in [0.1, 0.15) is 42.6 Å². The molecule has 1 amide bonds. The van der Waals surface area contributed by atoms with E-state index in [-0.39, 0.29) is 11.1 Å². The Bertz CT molecular complexity index is 997. The fourth-order valence-corrected chi connectivity index (χ4v) is 2.48. The molecule has 0 radical (unpaired) electrons. The highest BCUT2D eigenvalue weighted by molar-refractivity contribution is 6.02. The minimum absolute atomic E-state index is 0.127. The number of nitrogens with zero attached hydrogens (tertiary/aromatic N) is 3. The van der Waals surface area contributed by atoms with E-state index in [4.69, 9.17) is 0 Å².